The van der Waals surface area contributed by atoms with Gasteiger partial charge in [-0.3, -0.25) is 4.90 Å². The van der Waals surface area contributed by atoms with E-state index in [0.717, 1.165) is 30.3 Å². The van der Waals surface area contributed by atoms with Crippen molar-refractivity contribution < 1.29 is 0 Å². The first kappa shape index (κ1) is 13.5. The number of rotatable bonds is 6. The Morgan fingerprint density at radius 3 is 2.45 bits per heavy atom. The molecule has 0 spiro atoms. The maximum atomic E-state index is 6.26. The lowest BCUT2D eigenvalue weighted by atomic mass is 9.84. The van der Waals surface area contributed by atoms with Gasteiger partial charge >= 0.3 is 0 Å². The second kappa shape index (κ2) is 5.26. The van der Waals surface area contributed by atoms with Crippen LogP contribution >= 0.6 is 0 Å². The summed E-state index contributed by atoms with van der Waals surface area (Å²) >= 11 is 0. The lowest BCUT2D eigenvalue weighted by Gasteiger charge is -2.41. The van der Waals surface area contributed by atoms with Crippen LogP contribution in [0.5, 0.6) is 0 Å². The number of hydrogen-bond acceptors (Lipinski definition) is 3. The standard InChI is InChI=1S/C17H31N3/c18-12-17(8-10-20-9-2-1-3-16(17)20)19-11-15(13-4-5-13)14-6-7-14/h13-16,19H,1-12,18H2. The molecule has 2 unspecified atom stereocenters. The molecular weight excluding hydrogens is 246 g/mol. The first-order chi connectivity index (χ1) is 9.82. The van der Waals surface area contributed by atoms with Crippen LogP contribution in [0.4, 0.5) is 0 Å². The fraction of sp³-hybridized carbons (Fsp3) is 1.00. The van der Waals surface area contributed by atoms with Crippen LogP contribution in [0.25, 0.3) is 0 Å². The lowest BCUT2D eigenvalue weighted by molar-refractivity contribution is 0.135. The second-order valence-corrected chi connectivity index (χ2v) is 7.88. The van der Waals surface area contributed by atoms with Gasteiger partial charge in [-0.1, -0.05) is 6.42 Å². The topological polar surface area (TPSA) is 41.3 Å². The van der Waals surface area contributed by atoms with Gasteiger partial charge in [0.05, 0.1) is 0 Å². The Balaban J connectivity index is 1.41. The molecule has 0 aromatic carbocycles. The van der Waals surface area contributed by atoms with Crippen molar-refractivity contribution in [2.45, 2.75) is 62.9 Å². The highest BCUT2D eigenvalue weighted by molar-refractivity contribution is 5.08. The Bertz CT molecular complexity index is 338. The van der Waals surface area contributed by atoms with Gasteiger partial charge in [-0.05, 0) is 75.8 Å². The summed E-state index contributed by atoms with van der Waals surface area (Å²) in [6.45, 7) is 4.66. The van der Waals surface area contributed by atoms with Crippen LogP contribution in [-0.2, 0) is 0 Å². The summed E-state index contributed by atoms with van der Waals surface area (Å²) in [5.41, 5.74) is 6.49. The van der Waals surface area contributed by atoms with E-state index in [9.17, 15) is 0 Å². The normalized spacial score (nSPS) is 38.4. The van der Waals surface area contributed by atoms with E-state index in [4.69, 9.17) is 5.73 Å². The predicted molar refractivity (Wildman–Crippen MR) is 82.6 cm³/mol. The zero-order chi connectivity index (χ0) is 13.6. The summed E-state index contributed by atoms with van der Waals surface area (Å²) < 4.78 is 0. The molecule has 4 fully saturated rings. The van der Waals surface area contributed by atoms with Crippen molar-refractivity contribution >= 4 is 0 Å². The van der Waals surface area contributed by atoms with Gasteiger partial charge in [-0.15, -0.1) is 0 Å². The molecule has 2 saturated carbocycles. The SMILES string of the molecule is NCC1(NCC(C2CC2)C2CC2)CCN2CCCCC21. The molecule has 2 aliphatic carbocycles. The summed E-state index contributed by atoms with van der Waals surface area (Å²) in [5.74, 6) is 3.07. The van der Waals surface area contributed by atoms with Gasteiger partial charge in [0, 0.05) is 24.7 Å². The van der Waals surface area contributed by atoms with Crippen molar-refractivity contribution in [2.75, 3.05) is 26.2 Å². The molecule has 3 heteroatoms. The summed E-state index contributed by atoms with van der Waals surface area (Å²) in [6, 6.07) is 0.723. The van der Waals surface area contributed by atoms with Crippen LogP contribution in [0.3, 0.4) is 0 Å². The third kappa shape index (κ3) is 2.42. The molecule has 2 heterocycles. The third-order valence-corrected chi connectivity index (χ3v) is 6.61. The third-order valence-electron chi connectivity index (χ3n) is 6.61. The minimum absolute atomic E-state index is 0.239. The first-order valence-corrected chi connectivity index (χ1v) is 9.01. The molecule has 20 heavy (non-hydrogen) atoms. The molecule has 2 atom stereocenters. The molecule has 3 N–H and O–H groups in total. The van der Waals surface area contributed by atoms with Gasteiger partial charge in [0.25, 0.3) is 0 Å². The maximum absolute atomic E-state index is 6.26. The minimum Gasteiger partial charge on any atom is -0.329 e. The van der Waals surface area contributed by atoms with E-state index in [0.29, 0.717) is 0 Å². The average Bonchev–Trinajstić information content (AvgIpc) is 3.39. The molecule has 3 nitrogen and oxygen atoms in total. The number of hydrogen-bond donors (Lipinski definition) is 2. The fourth-order valence-electron chi connectivity index (χ4n) is 5.00. The molecule has 0 amide bonds. The number of nitrogens with two attached hydrogens (primary N) is 1. The van der Waals surface area contributed by atoms with Gasteiger partial charge in [0.15, 0.2) is 0 Å². The average molecular weight is 277 g/mol. The fourth-order valence-corrected chi connectivity index (χ4v) is 5.00. The van der Waals surface area contributed by atoms with Crippen LogP contribution in [0.1, 0.15) is 51.4 Å². The molecule has 0 radical (unpaired) electrons. The molecule has 0 bridgehead atoms. The van der Waals surface area contributed by atoms with Gasteiger partial charge in [-0.2, -0.15) is 0 Å². The van der Waals surface area contributed by atoms with Gasteiger partial charge in [0.2, 0.25) is 0 Å². The largest absolute Gasteiger partial charge is 0.329 e. The van der Waals surface area contributed by atoms with Gasteiger partial charge < -0.3 is 11.1 Å². The molecule has 2 aliphatic heterocycles. The number of nitrogens with zero attached hydrogens (tertiary/aromatic N) is 1. The monoisotopic (exact) mass is 277 g/mol. The minimum atomic E-state index is 0.239. The van der Waals surface area contributed by atoms with Gasteiger partial charge in [-0.25, -0.2) is 0 Å². The van der Waals surface area contributed by atoms with E-state index in [2.05, 4.69) is 10.2 Å². The quantitative estimate of drug-likeness (QED) is 0.780. The van der Waals surface area contributed by atoms with Gasteiger partial charge in [0.1, 0.15) is 0 Å². The van der Waals surface area contributed by atoms with Crippen molar-refractivity contribution in [1.82, 2.24) is 10.2 Å². The van der Waals surface area contributed by atoms with E-state index in [-0.39, 0.29) is 5.54 Å². The van der Waals surface area contributed by atoms with Crippen LogP contribution in [-0.4, -0.2) is 42.7 Å². The Kier molecular flexibility index (Phi) is 3.56. The highest BCUT2D eigenvalue weighted by atomic mass is 15.3. The van der Waals surface area contributed by atoms with E-state index >= 15 is 0 Å². The van der Waals surface area contributed by atoms with Crippen molar-refractivity contribution in [3.05, 3.63) is 0 Å². The predicted octanol–water partition coefficient (Wildman–Crippen LogP) is 1.97. The Labute approximate surface area is 123 Å². The van der Waals surface area contributed by atoms with E-state index in [1.165, 1.54) is 71.0 Å². The van der Waals surface area contributed by atoms with Crippen LogP contribution in [0.2, 0.25) is 0 Å². The number of nitrogens with one attached hydrogen (secondary N) is 1. The highest BCUT2D eigenvalue weighted by Gasteiger charge is 2.48. The van der Waals surface area contributed by atoms with Crippen LogP contribution in [0, 0.1) is 17.8 Å². The Hall–Kier alpha value is -0.120. The van der Waals surface area contributed by atoms with Crippen LogP contribution in [0.15, 0.2) is 0 Å². The number of fused-ring (bicyclic) bond motifs is 1. The second-order valence-electron chi connectivity index (χ2n) is 7.88. The zero-order valence-electron chi connectivity index (χ0n) is 12.8. The lowest BCUT2D eigenvalue weighted by Crippen LogP contribution is -2.61. The molecular formula is C17H31N3. The molecule has 4 rings (SSSR count). The summed E-state index contributed by atoms with van der Waals surface area (Å²) in [7, 11) is 0. The summed E-state index contributed by atoms with van der Waals surface area (Å²) in [4.78, 5) is 2.71. The van der Waals surface area contributed by atoms with E-state index in [1.807, 2.05) is 0 Å². The molecule has 114 valence electrons. The maximum Gasteiger partial charge on any atom is 0.0473 e. The molecule has 0 aromatic heterocycles. The molecule has 4 aliphatic rings. The van der Waals surface area contributed by atoms with Crippen molar-refractivity contribution in [3.63, 3.8) is 0 Å². The van der Waals surface area contributed by atoms with Crippen molar-refractivity contribution in [3.8, 4) is 0 Å². The Morgan fingerprint density at radius 1 is 1.05 bits per heavy atom. The van der Waals surface area contributed by atoms with Crippen LogP contribution < -0.4 is 11.1 Å². The zero-order valence-corrected chi connectivity index (χ0v) is 12.8. The number of piperidine rings is 1. The van der Waals surface area contributed by atoms with Crippen molar-refractivity contribution in [2.24, 2.45) is 23.5 Å². The summed E-state index contributed by atoms with van der Waals surface area (Å²) in [6.07, 6.45) is 11.4. The molecule has 2 saturated heterocycles. The Morgan fingerprint density at radius 2 is 1.80 bits per heavy atom. The van der Waals surface area contributed by atoms with E-state index in [1.54, 1.807) is 0 Å². The first-order valence-electron chi connectivity index (χ1n) is 9.01. The smallest absolute Gasteiger partial charge is 0.0473 e. The van der Waals surface area contributed by atoms with Crippen molar-refractivity contribution in [1.29, 1.82) is 0 Å². The highest BCUT2D eigenvalue weighted by Crippen LogP contribution is 2.49. The molecule has 0 aromatic rings. The summed E-state index contributed by atoms with van der Waals surface area (Å²) in [5, 5.41) is 4.02. The van der Waals surface area contributed by atoms with E-state index < -0.39 is 0 Å².